The van der Waals surface area contributed by atoms with Gasteiger partial charge in [0.15, 0.2) is 0 Å². The first-order chi connectivity index (χ1) is 14.0. The Hall–Kier alpha value is -3.16. The molecule has 0 radical (unpaired) electrons. The van der Waals surface area contributed by atoms with Gasteiger partial charge in [0.1, 0.15) is 17.4 Å². The molecule has 0 unspecified atom stereocenters. The lowest BCUT2D eigenvalue weighted by atomic mass is 10.1. The van der Waals surface area contributed by atoms with Gasteiger partial charge >= 0.3 is 6.03 Å². The minimum absolute atomic E-state index is 0.0477. The number of piperazine rings is 1. The summed E-state index contributed by atoms with van der Waals surface area (Å²) in [5.74, 6) is -0.643. The maximum Gasteiger partial charge on any atom is 0.317 e. The van der Waals surface area contributed by atoms with Gasteiger partial charge in [0, 0.05) is 32.7 Å². The van der Waals surface area contributed by atoms with Crippen LogP contribution in [0.15, 0.2) is 48.5 Å². The van der Waals surface area contributed by atoms with Crippen LogP contribution in [0.5, 0.6) is 5.75 Å². The van der Waals surface area contributed by atoms with E-state index in [0.717, 1.165) is 0 Å². The van der Waals surface area contributed by atoms with Crippen molar-refractivity contribution in [1.29, 1.82) is 0 Å². The molecule has 1 aliphatic heterocycles. The largest absolute Gasteiger partial charge is 0.494 e. The number of ether oxygens (including phenoxy) is 1. The van der Waals surface area contributed by atoms with Gasteiger partial charge in [-0.2, -0.15) is 0 Å². The number of carbonyl (C=O) groups is 2. The molecule has 0 atom stereocenters. The summed E-state index contributed by atoms with van der Waals surface area (Å²) in [6.45, 7) is 2.32. The van der Waals surface area contributed by atoms with Crippen LogP contribution in [0.4, 0.5) is 13.6 Å². The third-order valence-corrected chi connectivity index (χ3v) is 4.64. The lowest BCUT2D eigenvalue weighted by Crippen LogP contribution is -2.53. The lowest BCUT2D eigenvalue weighted by Gasteiger charge is -2.34. The molecule has 154 valence electrons. The zero-order valence-corrected chi connectivity index (χ0v) is 15.9. The van der Waals surface area contributed by atoms with E-state index in [1.54, 1.807) is 34.1 Å². The van der Waals surface area contributed by atoms with Crippen molar-refractivity contribution in [3.63, 3.8) is 0 Å². The Morgan fingerprint density at radius 2 is 1.59 bits per heavy atom. The maximum atomic E-state index is 13.8. The van der Waals surface area contributed by atoms with Crippen molar-refractivity contribution in [3.05, 3.63) is 65.7 Å². The van der Waals surface area contributed by atoms with E-state index in [4.69, 9.17) is 4.74 Å². The van der Waals surface area contributed by atoms with E-state index < -0.39 is 5.82 Å². The highest BCUT2D eigenvalue weighted by Gasteiger charge is 2.25. The highest BCUT2D eigenvalue weighted by atomic mass is 19.1. The third kappa shape index (κ3) is 5.66. The van der Waals surface area contributed by atoms with Crippen molar-refractivity contribution in [2.24, 2.45) is 0 Å². The fourth-order valence-electron chi connectivity index (χ4n) is 3.02. The number of halogens is 2. The molecular formula is C21H23F2N3O3. The van der Waals surface area contributed by atoms with Gasteiger partial charge in [0.05, 0.1) is 12.2 Å². The fraction of sp³-hybridized carbons (Fsp3) is 0.333. The van der Waals surface area contributed by atoms with Crippen molar-refractivity contribution < 1.29 is 23.1 Å². The molecule has 6 nitrogen and oxygen atoms in total. The van der Waals surface area contributed by atoms with Crippen LogP contribution in [-0.4, -0.2) is 61.1 Å². The minimum Gasteiger partial charge on any atom is -0.494 e. The number of rotatable bonds is 6. The van der Waals surface area contributed by atoms with E-state index in [-0.39, 0.29) is 23.3 Å². The summed E-state index contributed by atoms with van der Waals surface area (Å²) in [6.07, 6.45) is 0.606. The van der Waals surface area contributed by atoms with Crippen LogP contribution >= 0.6 is 0 Å². The number of amides is 3. The first-order valence-corrected chi connectivity index (χ1v) is 9.49. The zero-order valence-electron chi connectivity index (χ0n) is 15.9. The van der Waals surface area contributed by atoms with Gasteiger partial charge in [0.2, 0.25) is 0 Å². The third-order valence-electron chi connectivity index (χ3n) is 4.64. The predicted octanol–water partition coefficient (Wildman–Crippen LogP) is 2.90. The van der Waals surface area contributed by atoms with Crippen LogP contribution in [0.1, 0.15) is 16.8 Å². The summed E-state index contributed by atoms with van der Waals surface area (Å²) in [5, 5.41) is 2.82. The second kappa shape index (κ2) is 9.86. The molecule has 0 spiro atoms. The van der Waals surface area contributed by atoms with Crippen LogP contribution in [0.2, 0.25) is 0 Å². The Morgan fingerprint density at radius 1 is 0.931 bits per heavy atom. The quantitative estimate of drug-likeness (QED) is 0.755. The SMILES string of the molecule is O=C(NCCCOc1ccc(F)cc1)N1CCN(C(=O)c2ccccc2F)CC1. The van der Waals surface area contributed by atoms with E-state index in [2.05, 4.69) is 5.32 Å². The van der Waals surface area contributed by atoms with E-state index in [9.17, 15) is 18.4 Å². The topological polar surface area (TPSA) is 61.9 Å². The molecule has 0 saturated carbocycles. The van der Waals surface area contributed by atoms with Crippen molar-refractivity contribution in [1.82, 2.24) is 15.1 Å². The molecule has 0 aliphatic carbocycles. The van der Waals surface area contributed by atoms with Crippen LogP contribution < -0.4 is 10.1 Å². The van der Waals surface area contributed by atoms with Gasteiger partial charge in [0.25, 0.3) is 5.91 Å². The van der Waals surface area contributed by atoms with E-state index in [1.807, 2.05) is 0 Å². The predicted molar refractivity (Wildman–Crippen MR) is 104 cm³/mol. The van der Waals surface area contributed by atoms with Gasteiger partial charge in [-0.25, -0.2) is 13.6 Å². The molecule has 8 heteroatoms. The molecule has 3 amide bonds. The van der Waals surface area contributed by atoms with Crippen LogP contribution in [0, 0.1) is 11.6 Å². The first-order valence-electron chi connectivity index (χ1n) is 9.49. The number of hydrogen-bond acceptors (Lipinski definition) is 3. The first kappa shape index (κ1) is 20.6. The molecule has 1 fully saturated rings. The molecule has 0 aromatic heterocycles. The number of benzene rings is 2. The number of hydrogen-bond donors (Lipinski definition) is 1. The molecule has 2 aromatic carbocycles. The van der Waals surface area contributed by atoms with E-state index in [0.29, 0.717) is 51.5 Å². The van der Waals surface area contributed by atoms with Crippen molar-refractivity contribution in [2.75, 3.05) is 39.3 Å². The van der Waals surface area contributed by atoms with Gasteiger partial charge in [-0.1, -0.05) is 12.1 Å². The average molecular weight is 403 g/mol. The zero-order chi connectivity index (χ0) is 20.6. The number of nitrogens with zero attached hydrogens (tertiary/aromatic N) is 2. The minimum atomic E-state index is -0.541. The Balaban J connectivity index is 1.35. The van der Waals surface area contributed by atoms with Crippen LogP contribution in [-0.2, 0) is 0 Å². The molecule has 1 heterocycles. The van der Waals surface area contributed by atoms with Gasteiger partial charge in [-0.05, 0) is 42.8 Å². The van der Waals surface area contributed by atoms with Gasteiger partial charge in [-0.3, -0.25) is 4.79 Å². The number of nitrogens with one attached hydrogen (secondary N) is 1. The highest BCUT2D eigenvalue weighted by Crippen LogP contribution is 2.13. The highest BCUT2D eigenvalue weighted by molar-refractivity contribution is 5.94. The maximum absolute atomic E-state index is 13.8. The van der Waals surface area contributed by atoms with Crippen molar-refractivity contribution >= 4 is 11.9 Å². The Morgan fingerprint density at radius 3 is 2.28 bits per heavy atom. The summed E-state index contributed by atoms with van der Waals surface area (Å²) in [7, 11) is 0. The molecule has 29 heavy (non-hydrogen) atoms. The monoisotopic (exact) mass is 403 g/mol. The smallest absolute Gasteiger partial charge is 0.317 e. The Bertz CT molecular complexity index is 837. The summed E-state index contributed by atoms with van der Waals surface area (Å²) in [6, 6.07) is 11.4. The van der Waals surface area contributed by atoms with Crippen molar-refractivity contribution in [2.45, 2.75) is 6.42 Å². The standard InChI is InChI=1S/C21H23F2N3O3/c22-16-6-8-17(9-7-16)29-15-3-10-24-21(28)26-13-11-25(12-14-26)20(27)18-4-1-2-5-19(18)23/h1-2,4-9H,3,10-15H2,(H,24,28). The number of urea groups is 1. The molecule has 1 N–H and O–H groups in total. The second-order valence-electron chi connectivity index (χ2n) is 6.65. The van der Waals surface area contributed by atoms with E-state index in [1.165, 1.54) is 24.3 Å². The van der Waals surface area contributed by atoms with Crippen LogP contribution in [0.3, 0.4) is 0 Å². The normalized spacial score (nSPS) is 13.9. The molecule has 2 aromatic rings. The van der Waals surface area contributed by atoms with Crippen molar-refractivity contribution in [3.8, 4) is 5.75 Å². The average Bonchev–Trinajstić information content (AvgIpc) is 2.74. The van der Waals surface area contributed by atoms with Gasteiger partial charge in [-0.15, -0.1) is 0 Å². The molecule has 1 saturated heterocycles. The lowest BCUT2D eigenvalue weighted by molar-refractivity contribution is 0.0660. The van der Waals surface area contributed by atoms with Gasteiger partial charge < -0.3 is 19.9 Å². The fourth-order valence-corrected chi connectivity index (χ4v) is 3.02. The summed E-state index contributed by atoms with van der Waals surface area (Å²) in [4.78, 5) is 27.8. The summed E-state index contributed by atoms with van der Waals surface area (Å²) >= 11 is 0. The molecule has 1 aliphatic rings. The summed E-state index contributed by atoms with van der Waals surface area (Å²) < 4.78 is 32.1. The molecule has 3 rings (SSSR count). The Labute approximate surface area is 168 Å². The molecule has 0 bridgehead atoms. The summed E-state index contributed by atoms with van der Waals surface area (Å²) in [5.41, 5.74) is 0.0477. The second-order valence-corrected chi connectivity index (χ2v) is 6.65. The Kier molecular flexibility index (Phi) is 6.99. The van der Waals surface area contributed by atoms with Crippen LogP contribution in [0.25, 0.3) is 0 Å². The van der Waals surface area contributed by atoms with E-state index >= 15 is 0 Å². The molecular weight excluding hydrogens is 380 g/mol. The number of carbonyl (C=O) groups excluding carboxylic acids is 2.